The van der Waals surface area contributed by atoms with Crippen molar-refractivity contribution in [2.45, 2.75) is 44.6 Å². The number of amides is 1. The van der Waals surface area contributed by atoms with E-state index in [-0.39, 0.29) is 11.5 Å². The van der Waals surface area contributed by atoms with Crippen molar-refractivity contribution in [2.24, 2.45) is 11.7 Å². The molecule has 1 unspecified atom stereocenters. The number of hydrogen-bond acceptors (Lipinski definition) is 4. The van der Waals surface area contributed by atoms with Gasteiger partial charge in [-0.3, -0.25) is 4.79 Å². The molecule has 1 fully saturated rings. The van der Waals surface area contributed by atoms with Gasteiger partial charge in [0.25, 0.3) is 5.91 Å². The number of nitrogens with zero attached hydrogens (tertiary/aromatic N) is 1. The van der Waals surface area contributed by atoms with Crippen molar-refractivity contribution in [1.29, 1.82) is 0 Å². The summed E-state index contributed by atoms with van der Waals surface area (Å²) in [4.78, 5) is 27.7. The molecule has 6 nitrogen and oxygen atoms in total. The Morgan fingerprint density at radius 1 is 1.43 bits per heavy atom. The van der Waals surface area contributed by atoms with Gasteiger partial charge in [-0.1, -0.05) is 0 Å². The van der Waals surface area contributed by atoms with Gasteiger partial charge in [0, 0.05) is 5.69 Å². The van der Waals surface area contributed by atoms with Crippen LogP contribution in [0.3, 0.4) is 0 Å². The number of aliphatic carboxylic acids is 1. The minimum atomic E-state index is -1.11. The van der Waals surface area contributed by atoms with Crippen LogP contribution in [0.4, 0.5) is 5.82 Å². The Hall–Kier alpha value is -2.11. The number of carbonyl (C=O) groups excluding carboxylic acids is 1. The Morgan fingerprint density at radius 2 is 2.14 bits per heavy atom. The normalized spacial score (nSPS) is 19.7. The number of aromatic nitrogens is 1. The van der Waals surface area contributed by atoms with Crippen molar-refractivity contribution in [2.75, 3.05) is 5.32 Å². The van der Waals surface area contributed by atoms with Crippen molar-refractivity contribution >= 4 is 17.7 Å². The standard InChI is InChI=1S/C15H19N3O3/c1-15(14(20)21,9-5-6-9)18-13-10(12(16)19)7-8-3-2-4-11(8)17-13/h7,9H,2-6H2,1H3,(H2,16,19)(H,17,18)(H,20,21). The number of aryl methyl sites for hydroxylation is 2. The highest BCUT2D eigenvalue weighted by Gasteiger charge is 2.48. The number of anilines is 1. The van der Waals surface area contributed by atoms with E-state index in [4.69, 9.17) is 5.73 Å². The first-order valence-corrected chi connectivity index (χ1v) is 7.26. The third kappa shape index (κ3) is 2.34. The Balaban J connectivity index is 2.01. The van der Waals surface area contributed by atoms with E-state index in [2.05, 4.69) is 10.3 Å². The van der Waals surface area contributed by atoms with E-state index in [1.54, 1.807) is 13.0 Å². The van der Waals surface area contributed by atoms with Gasteiger partial charge in [-0.15, -0.1) is 0 Å². The molecule has 0 saturated heterocycles. The second-order valence-electron chi connectivity index (χ2n) is 6.11. The summed E-state index contributed by atoms with van der Waals surface area (Å²) < 4.78 is 0. The molecule has 2 aliphatic carbocycles. The van der Waals surface area contributed by atoms with E-state index >= 15 is 0 Å². The fourth-order valence-corrected chi connectivity index (χ4v) is 2.99. The van der Waals surface area contributed by atoms with Crippen LogP contribution in [-0.2, 0) is 17.6 Å². The number of rotatable bonds is 5. The molecule has 1 atom stereocenters. The maximum atomic E-state index is 11.7. The van der Waals surface area contributed by atoms with Crippen LogP contribution < -0.4 is 11.1 Å². The summed E-state index contributed by atoms with van der Waals surface area (Å²) in [5, 5.41) is 12.5. The first-order valence-electron chi connectivity index (χ1n) is 7.26. The van der Waals surface area contributed by atoms with E-state index in [0.29, 0.717) is 5.82 Å². The van der Waals surface area contributed by atoms with Gasteiger partial charge in [0.15, 0.2) is 0 Å². The molecular formula is C15H19N3O3. The summed E-state index contributed by atoms with van der Waals surface area (Å²) in [5.41, 5.74) is 6.58. The van der Waals surface area contributed by atoms with Gasteiger partial charge in [0.2, 0.25) is 0 Å². The molecule has 1 saturated carbocycles. The van der Waals surface area contributed by atoms with Gasteiger partial charge >= 0.3 is 5.97 Å². The fourth-order valence-electron chi connectivity index (χ4n) is 2.99. The lowest BCUT2D eigenvalue weighted by atomic mass is 9.95. The molecule has 1 heterocycles. The van der Waals surface area contributed by atoms with E-state index in [9.17, 15) is 14.7 Å². The molecular weight excluding hydrogens is 270 g/mol. The number of pyridine rings is 1. The quantitative estimate of drug-likeness (QED) is 0.758. The van der Waals surface area contributed by atoms with Gasteiger partial charge in [0.05, 0.1) is 5.56 Å². The lowest BCUT2D eigenvalue weighted by Crippen LogP contribution is -2.46. The predicted molar refractivity (Wildman–Crippen MR) is 77.2 cm³/mol. The van der Waals surface area contributed by atoms with Crippen molar-refractivity contribution in [1.82, 2.24) is 4.98 Å². The lowest BCUT2D eigenvalue weighted by molar-refractivity contribution is -0.142. The van der Waals surface area contributed by atoms with E-state index in [0.717, 1.165) is 43.4 Å². The zero-order valence-electron chi connectivity index (χ0n) is 12.0. The average molecular weight is 289 g/mol. The number of nitrogens with one attached hydrogen (secondary N) is 1. The van der Waals surface area contributed by atoms with Crippen molar-refractivity contribution < 1.29 is 14.7 Å². The van der Waals surface area contributed by atoms with Crippen molar-refractivity contribution in [3.63, 3.8) is 0 Å². The molecule has 1 aromatic heterocycles. The maximum Gasteiger partial charge on any atom is 0.329 e. The van der Waals surface area contributed by atoms with Crippen LogP contribution >= 0.6 is 0 Å². The molecule has 4 N–H and O–H groups in total. The molecule has 0 bridgehead atoms. The van der Waals surface area contributed by atoms with Crippen LogP contribution in [0.1, 0.15) is 47.8 Å². The number of hydrogen-bond donors (Lipinski definition) is 3. The second kappa shape index (κ2) is 4.72. The topological polar surface area (TPSA) is 105 Å². The summed E-state index contributed by atoms with van der Waals surface area (Å²) in [5.74, 6) is -1.14. The monoisotopic (exact) mass is 289 g/mol. The number of fused-ring (bicyclic) bond motifs is 1. The van der Waals surface area contributed by atoms with E-state index in [1.807, 2.05) is 0 Å². The van der Waals surface area contributed by atoms with Crippen LogP contribution in [0.5, 0.6) is 0 Å². The second-order valence-corrected chi connectivity index (χ2v) is 6.11. The molecule has 0 radical (unpaired) electrons. The summed E-state index contributed by atoms with van der Waals surface area (Å²) in [6.07, 6.45) is 4.49. The van der Waals surface area contributed by atoms with Crippen molar-refractivity contribution in [3.8, 4) is 0 Å². The minimum absolute atomic E-state index is 0.0609. The predicted octanol–water partition coefficient (Wildman–Crippen LogP) is 1.33. The summed E-state index contributed by atoms with van der Waals surface area (Å²) in [6, 6.07) is 1.76. The van der Waals surface area contributed by atoms with Gasteiger partial charge in [-0.2, -0.15) is 0 Å². The zero-order valence-corrected chi connectivity index (χ0v) is 12.0. The molecule has 1 aromatic rings. The number of primary amides is 1. The highest BCUT2D eigenvalue weighted by molar-refractivity contribution is 5.98. The molecule has 0 aromatic carbocycles. The summed E-state index contributed by atoms with van der Waals surface area (Å²) >= 11 is 0. The van der Waals surface area contributed by atoms with Crippen LogP contribution in [-0.4, -0.2) is 27.5 Å². The number of nitrogens with two attached hydrogens (primary N) is 1. The molecule has 21 heavy (non-hydrogen) atoms. The Labute approximate surface area is 122 Å². The number of carboxylic acids is 1. The molecule has 3 rings (SSSR count). The Morgan fingerprint density at radius 3 is 2.71 bits per heavy atom. The maximum absolute atomic E-state index is 11.7. The van der Waals surface area contributed by atoms with Crippen LogP contribution in [0.15, 0.2) is 6.07 Å². The van der Waals surface area contributed by atoms with Gasteiger partial charge in [0.1, 0.15) is 11.4 Å². The molecule has 0 aliphatic heterocycles. The minimum Gasteiger partial charge on any atom is -0.480 e. The fraction of sp³-hybridized carbons (Fsp3) is 0.533. The van der Waals surface area contributed by atoms with Gasteiger partial charge in [-0.05, 0) is 56.6 Å². The molecule has 1 amide bonds. The Bertz CT molecular complexity index is 625. The largest absolute Gasteiger partial charge is 0.480 e. The van der Waals surface area contributed by atoms with Crippen molar-refractivity contribution in [3.05, 3.63) is 22.9 Å². The summed E-state index contributed by atoms with van der Waals surface area (Å²) in [6.45, 7) is 1.65. The SMILES string of the molecule is CC(Nc1nc2c(cc1C(N)=O)CCC2)(C(=O)O)C1CC1. The van der Waals surface area contributed by atoms with E-state index < -0.39 is 17.4 Å². The molecule has 2 aliphatic rings. The average Bonchev–Trinajstić information content (AvgIpc) is 3.17. The first-order chi connectivity index (χ1) is 9.91. The Kier molecular flexibility index (Phi) is 3.11. The first kappa shape index (κ1) is 13.9. The molecule has 0 spiro atoms. The molecule has 112 valence electrons. The third-order valence-corrected chi connectivity index (χ3v) is 4.53. The van der Waals surface area contributed by atoms with E-state index in [1.165, 1.54) is 0 Å². The summed E-state index contributed by atoms with van der Waals surface area (Å²) in [7, 11) is 0. The van der Waals surface area contributed by atoms with Gasteiger partial charge in [-0.25, -0.2) is 9.78 Å². The number of carbonyl (C=O) groups is 2. The highest BCUT2D eigenvalue weighted by Crippen LogP contribution is 2.42. The zero-order chi connectivity index (χ0) is 15.2. The molecule has 6 heteroatoms. The smallest absolute Gasteiger partial charge is 0.329 e. The number of carboxylic acid groups (broad SMARTS) is 1. The lowest BCUT2D eigenvalue weighted by Gasteiger charge is -2.28. The van der Waals surface area contributed by atoms with Crippen LogP contribution in [0.25, 0.3) is 0 Å². The third-order valence-electron chi connectivity index (χ3n) is 4.53. The van der Waals surface area contributed by atoms with Crippen LogP contribution in [0, 0.1) is 5.92 Å². The van der Waals surface area contributed by atoms with Gasteiger partial charge < -0.3 is 16.2 Å². The highest BCUT2D eigenvalue weighted by atomic mass is 16.4. The van der Waals surface area contributed by atoms with Crippen LogP contribution in [0.2, 0.25) is 0 Å².